The maximum Gasteiger partial charge on any atom is 0.0923 e. The summed E-state index contributed by atoms with van der Waals surface area (Å²) in [5, 5.41) is 0. The molecule has 0 amide bonds. The Bertz CT molecular complexity index is 1770. The smallest absolute Gasteiger partial charge is 0.0923 e. The molecule has 0 bridgehead atoms. The van der Waals surface area contributed by atoms with E-state index < -0.39 is 0 Å². The van der Waals surface area contributed by atoms with Crippen LogP contribution in [0.3, 0.4) is 0 Å². The molecular formula is C42H34N2. The molecule has 0 saturated heterocycles. The van der Waals surface area contributed by atoms with Crippen molar-refractivity contribution >= 4 is 34.0 Å². The van der Waals surface area contributed by atoms with E-state index >= 15 is 0 Å². The van der Waals surface area contributed by atoms with Crippen molar-refractivity contribution in [1.82, 2.24) is 0 Å². The summed E-state index contributed by atoms with van der Waals surface area (Å²) in [7, 11) is 0. The number of nitrogens with zero attached hydrogens (tertiary/aromatic N) is 2. The monoisotopic (exact) mass is 566 g/mol. The number of hydrogen-bond donors (Lipinski definition) is 0. The number of para-hydroxylation sites is 4. The molecule has 6 aromatic rings. The van der Waals surface area contributed by atoms with E-state index in [0.717, 1.165) is 34.9 Å². The van der Waals surface area contributed by atoms with E-state index in [-0.39, 0.29) is 5.54 Å². The Labute approximate surface area is 260 Å². The fourth-order valence-corrected chi connectivity index (χ4v) is 6.25. The van der Waals surface area contributed by atoms with E-state index in [4.69, 9.17) is 0 Å². The van der Waals surface area contributed by atoms with E-state index in [1.165, 1.54) is 16.7 Å². The molecule has 0 fully saturated rings. The van der Waals surface area contributed by atoms with Gasteiger partial charge in [-0.3, -0.25) is 0 Å². The molecule has 0 heterocycles. The predicted molar refractivity (Wildman–Crippen MR) is 186 cm³/mol. The summed E-state index contributed by atoms with van der Waals surface area (Å²) in [6.07, 6.45) is 7.92. The number of hydrogen-bond acceptors (Lipinski definition) is 2. The number of anilines is 5. The maximum absolute atomic E-state index is 2.48. The molecule has 0 N–H and O–H groups in total. The summed E-state index contributed by atoms with van der Waals surface area (Å²) in [4.78, 5) is 4.78. The lowest BCUT2D eigenvalue weighted by Crippen LogP contribution is -2.42. The van der Waals surface area contributed by atoms with Gasteiger partial charge < -0.3 is 9.80 Å². The van der Waals surface area contributed by atoms with Crippen LogP contribution < -0.4 is 9.80 Å². The van der Waals surface area contributed by atoms with Crippen LogP contribution >= 0.6 is 0 Å². The van der Waals surface area contributed by atoms with Gasteiger partial charge in [-0.2, -0.15) is 0 Å². The van der Waals surface area contributed by atoms with Gasteiger partial charge in [-0.05, 0) is 83.8 Å². The van der Waals surface area contributed by atoms with Gasteiger partial charge in [0, 0.05) is 28.4 Å². The normalized spacial score (nSPS) is 15.8. The van der Waals surface area contributed by atoms with Crippen molar-refractivity contribution in [3.63, 3.8) is 0 Å². The maximum atomic E-state index is 2.48. The van der Waals surface area contributed by atoms with Gasteiger partial charge >= 0.3 is 0 Å². The average Bonchev–Trinajstić information content (AvgIpc) is 3.11. The van der Waals surface area contributed by atoms with E-state index in [2.05, 4.69) is 204 Å². The van der Waals surface area contributed by atoms with Gasteiger partial charge in [0.05, 0.1) is 5.54 Å². The van der Waals surface area contributed by atoms with Crippen LogP contribution in [0.1, 0.15) is 17.5 Å². The van der Waals surface area contributed by atoms with Crippen LogP contribution in [0.5, 0.6) is 0 Å². The molecule has 6 aromatic carbocycles. The quantitative estimate of drug-likeness (QED) is 0.181. The Morgan fingerprint density at radius 1 is 0.409 bits per heavy atom. The summed E-state index contributed by atoms with van der Waals surface area (Å²) in [5.74, 6) is 0. The fraction of sp³-hybridized carbons (Fsp3) is 0.0476. The molecule has 2 heteroatoms. The standard InChI is InChI=1S/C42H34N2/c1-6-16-36(17-7-1)42(44(40-22-12-4-13-23-40)41-24-14-5-15-25-41)32-30-35(31-33-42)34-26-28-39(29-27-34)43(37-18-8-2-9-19-37)38-20-10-3-11-21-38/h1-32H,33H2. The molecule has 1 aliphatic carbocycles. The highest BCUT2D eigenvalue weighted by Crippen LogP contribution is 2.46. The van der Waals surface area contributed by atoms with Crippen molar-refractivity contribution in [2.24, 2.45) is 0 Å². The summed E-state index contributed by atoms with van der Waals surface area (Å²) < 4.78 is 0. The highest BCUT2D eigenvalue weighted by atomic mass is 15.2. The molecule has 0 spiro atoms. The van der Waals surface area contributed by atoms with Crippen molar-refractivity contribution in [3.8, 4) is 0 Å². The number of benzene rings is 6. The zero-order valence-corrected chi connectivity index (χ0v) is 24.6. The molecule has 1 aliphatic rings. The van der Waals surface area contributed by atoms with Crippen molar-refractivity contribution in [2.45, 2.75) is 12.0 Å². The molecule has 1 atom stereocenters. The van der Waals surface area contributed by atoms with Gasteiger partial charge in [0.15, 0.2) is 0 Å². The molecule has 1 unspecified atom stereocenters. The van der Waals surface area contributed by atoms with Crippen molar-refractivity contribution < 1.29 is 0 Å². The summed E-state index contributed by atoms with van der Waals surface area (Å²) in [6, 6.07) is 62.3. The van der Waals surface area contributed by atoms with Crippen LogP contribution in [-0.4, -0.2) is 0 Å². The Balaban J connectivity index is 1.26. The molecule has 44 heavy (non-hydrogen) atoms. The third-order valence-electron chi connectivity index (χ3n) is 8.36. The molecule has 212 valence electrons. The first-order valence-corrected chi connectivity index (χ1v) is 15.2. The second-order valence-corrected chi connectivity index (χ2v) is 11.0. The topological polar surface area (TPSA) is 6.48 Å². The second kappa shape index (κ2) is 12.3. The third kappa shape index (κ3) is 5.34. The summed E-state index contributed by atoms with van der Waals surface area (Å²) in [5.41, 5.74) is 9.04. The van der Waals surface area contributed by atoms with Crippen molar-refractivity contribution in [2.75, 3.05) is 9.80 Å². The highest BCUT2D eigenvalue weighted by molar-refractivity contribution is 5.81. The van der Waals surface area contributed by atoms with Gasteiger partial charge in [0.25, 0.3) is 0 Å². The Hall–Kier alpha value is -5.60. The van der Waals surface area contributed by atoms with Crippen LogP contribution in [0.15, 0.2) is 194 Å². The van der Waals surface area contributed by atoms with E-state index in [0.29, 0.717) is 0 Å². The van der Waals surface area contributed by atoms with Crippen molar-refractivity contribution in [3.05, 3.63) is 205 Å². The number of rotatable bonds is 8. The van der Waals surface area contributed by atoms with E-state index in [9.17, 15) is 0 Å². The first-order valence-electron chi connectivity index (χ1n) is 15.2. The summed E-state index contributed by atoms with van der Waals surface area (Å²) >= 11 is 0. The summed E-state index contributed by atoms with van der Waals surface area (Å²) in [6.45, 7) is 0. The van der Waals surface area contributed by atoms with Crippen LogP contribution in [0, 0.1) is 0 Å². The van der Waals surface area contributed by atoms with Gasteiger partial charge in [0.1, 0.15) is 0 Å². The zero-order chi connectivity index (χ0) is 29.6. The minimum atomic E-state index is -0.384. The average molecular weight is 567 g/mol. The fourth-order valence-electron chi connectivity index (χ4n) is 6.25. The molecule has 0 aromatic heterocycles. The SMILES string of the molecule is C1=CC(c2ccccc2)(N(c2ccccc2)c2ccccc2)CC=C1c1ccc(N(c2ccccc2)c2ccccc2)cc1. The van der Waals surface area contributed by atoms with Gasteiger partial charge in [-0.1, -0.05) is 133 Å². The van der Waals surface area contributed by atoms with Gasteiger partial charge in [-0.25, -0.2) is 0 Å². The van der Waals surface area contributed by atoms with E-state index in [1.54, 1.807) is 0 Å². The molecular weight excluding hydrogens is 532 g/mol. The molecule has 2 nitrogen and oxygen atoms in total. The molecule has 7 rings (SSSR count). The zero-order valence-electron chi connectivity index (χ0n) is 24.6. The Morgan fingerprint density at radius 3 is 1.25 bits per heavy atom. The van der Waals surface area contributed by atoms with Crippen LogP contribution in [-0.2, 0) is 5.54 Å². The molecule has 0 aliphatic heterocycles. The van der Waals surface area contributed by atoms with Crippen LogP contribution in [0.2, 0.25) is 0 Å². The largest absolute Gasteiger partial charge is 0.327 e. The van der Waals surface area contributed by atoms with Crippen LogP contribution in [0.4, 0.5) is 28.4 Å². The van der Waals surface area contributed by atoms with Gasteiger partial charge in [-0.15, -0.1) is 0 Å². The third-order valence-corrected chi connectivity index (χ3v) is 8.36. The highest BCUT2D eigenvalue weighted by Gasteiger charge is 2.38. The minimum Gasteiger partial charge on any atom is -0.327 e. The molecule has 0 saturated carbocycles. The first kappa shape index (κ1) is 27.2. The Morgan fingerprint density at radius 2 is 0.818 bits per heavy atom. The lowest BCUT2D eigenvalue weighted by molar-refractivity contribution is 0.548. The predicted octanol–water partition coefficient (Wildman–Crippen LogP) is 11.2. The second-order valence-electron chi connectivity index (χ2n) is 11.0. The van der Waals surface area contributed by atoms with Gasteiger partial charge in [0.2, 0.25) is 0 Å². The molecule has 0 radical (unpaired) electrons. The lowest BCUT2D eigenvalue weighted by atomic mass is 9.79. The minimum absolute atomic E-state index is 0.384. The Kier molecular flexibility index (Phi) is 7.63. The van der Waals surface area contributed by atoms with Crippen LogP contribution in [0.25, 0.3) is 5.57 Å². The number of allylic oxidation sites excluding steroid dienone is 2. The first-order chi connectivity index (χ1) is 21.8. The van der Waals surface area contributed by atoms with E-state index in [1.807, 2.05) is 0 Å². The lowest BCUT2D eigenvalue weighted by Gasteiger charge is -2.45. The van der Waals surface area contributed by atoms with Crippen molar-refractivity contribution in [1.29, 1.82) is 0 Å².